The fraction of sp³-hybridized carbons (Fsp3) is 0.105. The van der Waals surface area contributed by atoms with Crippen molar-refractivity contribution in [3.05, 3.63) is 77.1 Å². The smallest absolute Gasteiger partial charge is 0.319 e. The largest absolute Gasteiger partial charge is 0.492 e. The summed E-state index contributed by atoms with van der Waals surface area (Å²) in [6.45, 7) is 0.723. The number of ether oxygens (including phenoxy) is 1. The van der Waals surface area contributed by atoms with E-state index in [4.69, 9.17) is 4.74 Å². The van der Waals surface area contributed by atoms with Crippen LogP contribution in [0.1, 0.15) is 0 Å². The van der Waals surface area contributed by atoms with E-state index >= 15 is 0 Å². The minimum absolute atomic E-state index is 0.282. The fourth-order valence-electron chi connectivity index (χ4n) is 2.33. The van der Waals surface area contributed by atoms with Crippen LogP contribution in [0.3, 0.4) is 0 Å². The van der Waals surface area contributed by atoms with Crippen molar-refractivity contribution in [2.75, 3.05) is 18.5 Å². The molecule has 0 aliphatic carbocycles. The van der Waals surface area contributed by atoms with Crippen LogP contribution in [0.2, 0.25) is 0 Å². The summed E-state index contributed by atoms with van der Waals surface area (Å²) < 4.78 is 5.52. The number of benzene rings is 2. The molecule has 0 atom stereocenters. The van der Waals surface area contributed by atoms with Crippen LogP contribution in [-0.4, -0.2) is 29.4 Å². The normalized spacial score (nSPS) is 10.2. The molecule has 0 aliphatic rings. The van der Waals surface area contributed by atoms with Crippen LogP contribution >= 0.6 is 0 Å². The Labute approximate surface area is 150 Å². The van der Waals surface area contributed by atoms with Crippen molar-refractivity contribution < 1.29 is 9.53 Å². The highest BCUT2D eigenvalue weighted by Gasteiger charge is 2.09. The predicted molar refractivity (Wildman–Crippen MR) is 99.3 cm³/mol. The van der Waals surface area contributed by atoms with Crippen LogP contribution in [0.4, 0.5) is 10.5 Å². The van der Waals surface area contributed by atoms with Gasteiger partial charge in [-0.1, -0.05) is 36.4 Å². The Hall–Kier alpha value is -3.61. The molecule has 0 spiro atoms. The zero-order chi connectivity index (χ0) is 18.2. The van der Waals surface area contributed by atoms with Crippen molar-refractivity contribution in [1.82, 2.24) is 15.5 Å². The summed E-state index contributed by atoms with van der Waals surface area (Å²) >= 11 is 0. The molecule has 0 saturated carbocycles. The number of para-hydroxylation sites is 2. The minimum Gasteiger partial charge on any atom is -0.492 e. The van der Waals surface area contributed by atoms with Gasteiger partial charge in [-0.15, -0.1) is 0 Å². The van der Waals surface area contributed by atoms with E-state index in [1.54, 1.807) is 12.1 Å². The molecule has 0 radical (unpaired) electrons. The standard InChI is InChI=1S/C19H18N4O3/c24-18-11-10-17(22-23-18)15-8-4-5-9-16(15)21-19(25)20-12-13-26-14-6-2-1-3-7-14/h1-11H,12-13H2,(H,23,24)(H2,20,21,25). The van der Waals surface area contributed by atoms with Gasteiger partial charge >= 0.3 is 6.03 Å². The molecule has 0 aliphatic heterocycles. The monoisotopic (exact) mass is 350 g/mol. The molecule has 26 heavy (non-hydrogen) atoms. The Balaban J connectivity index is 1.56. The molecule has 2 aromatic carbocycles. The number of anilines is 1. The molecule has 2 amide bonds. The van der Waals surface area contributed by atoms with Gasteiger partial charge in [0.2, 0.25) is 0 Å². The molecule has 0 unspecified atom stereocenters. The van der Waals surface area contributed by atoms with E-state index in [2.05, 4.69) is 20.8 Å². The topological polar surface area (TPSA) is 96.1 Å². The van der Waals surface area contributed by atoms with Gasteiger partial charge < -0.3 is 15.4 Å². The van der Waals surface area contributed by atoms with E-state index in [9.17, 15) is 9.59 Å². The number of nitrogens with zero attached hydrogens (tertiary/aromatic N) is 1. The third-order valence-electron chi connectivity index (χ3n) is 3.53. The number of nitrogens with one attached hydrogen (secondary N) is 3. The van der Waals surface area contributed by atoms with E-state index in [-0.39, 0.29) is 11.6 Å². The molecule has 1 heterocycles. The number of carbonyl (C=O) groups excluding carboxylic acids is 1. The Bertz CT molecular complexity index is 905. The van der Waals surface area contributed by atoms with E-state index in [1.165, 1.54) is 6.07 Å². The summed E-state index contributed by atoms with van der Waals surface area (Å²) in [4.78, 5) is 23.3. The van der Waals surface area contributed by atoms with Crippen molar-refractivity contribution in [3.8, 4) is 17.0 Å². The van der Waals surface area contributed by atoms with E-state index in [0.717, 1.165) is 5.75 Å². The van der Waals surface area contributed by atoms with Crippen LogP contribution < -0.4 is 20.9 Å². The third kappa shape index (κ3) is 4.70. The Morgan fingerprint density at radius 1 is 1.00 bits per heavy atom. The first kappa shape index (κ1) is 17.2. The molecular weight excluding hydrogens is 332 g/mol. The summed E-state index contributed by atoms with van der Waals surface area (Å²) in [6, 6.07) is 19.3. The molecule has 0 bridgehead atoms. The first-order valence-corrected chi connectivity index (χ1v) is 8.10. The zero-order valence-corrected chi connectivity index (χ0v) is 13.9. The van der Waals surface area contributed by atoms with Gasteiger partial charge in [0, 0.05) is 11.6 Å². The third-order valence-corrected chi connectivity index (χ3v) is 3.53. The maximum absolute atomic E-state index is 12.1. The fourth-order valence-corrected chi connectivity index (χ4v) is 2.33. The molecule has 132 valence electrons. The number of aromatic amines is 1. The Kier molecular flexibility index (Phi) is 5.61. The SMILES string of the molecule is O=C(NCCOc1ccccc1)Nc1ccccc1-c1ccc(=O)[nH]n1. The summed E-state index contributed by atoms with van der Waals surface area (Å²) in [6.07, 6.45) is 0. The molecular formula is C19H18N4O3. The van der Waals surface area contributed by atoms with Crippen LogP contribution in [0.25, 0.3) is 11.3 Å². The molecule has 3 aromatic rings. The van der Waals surface area contributed by atoms with E-state index in [1.807, 2.05) is 48.5 Å². The predicted octanol–water partition coefficient (Wildman–Crippen LogP) is 2.64. The molecule has 0 saturated heterocycles. The van der Waals surface area contributed by atoms with Gasteiger partial charge in [0.25, 0.3) is 5.56 Å². The lowest BCUT2D eigenvalue weighted by Gasteiger charge is -2.12. The van der Waals surface area contributed by atoms with Crippen LogP contribution in [0, 0.1) is 0 Å². The second-order valence-electron chi connectivity index (χ2n) is 5.39. The number of hydrogen-bond acceptors (Lipinski definition) is 4. The number of aromatic nitrogens is 2. The highest BCUT2D eigenvalue weighted by molar-refractivity contribution is 5.93. The Morgan fingerprint density at radius 3 is 2.54 bits per heavy atom. The van der Waals surface area contributed by atoms with Crippen molar-refractivity contribution in [2.24, 2.45) is 0 Å². The van der Waals surface area contributed by atoms with Gasteiger partial charge in [0.1, 0.15) is 12.4 Å². The quantitative estimate of drug-likeness (QED) is 0.596. The highest BCUT2D eigenvalue weighted by atomic mass is 16.5. The number of rotatable bonds is 6. The van der Waals surface area contributed by atoms with Crippen molar-refractivity contribution >= 4 is 11.7 Å². The maximum atomic E-state index is 12.1. The number of carbonyl (C=O) groups is 1. The number of H-pyrrole nitrogens is 1. The van der Waals surface area contributed by atoms with Gasteiger partial charge in [-0.05, 0) is 24.3 Å². The van der Waals surface area contributed by atoms with Gasteiger partial charge in [-0.25, -0.2) is 9.89 Å². The summed E-state index contributed by atoms with van der Waals surface area (Å²) in [5, 5.41) is 11.9. The van der Waals surface area contributed by atoms with E-state index in [0.29, 0.717) is 30.1 Å². The lowest BCUT2D eigenvalue weighted by molar-refractivity contribution is 0.247. The van der Waals surface area contributed by atoms with Gasteiger partial charge in [-0.2, -0.15) is 5.10 Å². The van der Waals surface area contributed by atoms with Crippen molar-refractivity contribution in [1.29, 1.82) is 0 Å². The molecule has 3 rings (SSSR count). The van der Waals surface area contributed by atoms with Gasteiger partial charge in [-0.3, -0.25) is 4.79 Å². The second-order valence-corrected chi connectivity index (χ2v) is 5.39. The molecule has 7 nitrogen and oxygen atoms in total. The van der Waals surface area contributed by atoms with Gasteiger partial charge in [0.05, 0.1) is 17.9 Å². The molecule has 7 heteroatoms. The maximum Gasteiger partial charge on any atom is 0.319 e. The summed E-state index contributed by atoms with van der Waals surface area (Å²) in [5.41, 5.74) is 1.58. The number of amides is 2. The summed E-state index contributed by atoms with van der Waals surface area (Å²) in [5.74, 6) is 0.754. The lowest BCUT2D eigenvalue weighted by atomic mass is 10.1. The molecule has 1 aromatic heterocycles. The van der Waals surface area contributed by atoms with Crippen molar-refractivity contribution in [3.63, 3.8) is 0 Å². The van der Waals surface area contributed by atoms with Crippen molar-refractivity contribution in [2.45, 2.75) is 0 Å². The number of urea groups is 1. The lowest BCUT2D eigenvalue weighted by Crippen LogP contribution is -2.32. The van der Waals surface area contributed by atoms with E-state index < -0.39 is 0 Å². The summed E-state index contributed by atoms with van der Waals surface area (Å²) in [7, 11) is 0. The van der Waals surface area contributed by atoms with Crippen LogP contribution in [0.15, 0.2) is 71.5 Å². The average molecular weight is 350 g/mol. The highest BCUT2D eigenvalue weighted by Crippen LogP contribution is 2.25. The van der Waals surface area contributed by atoms with Crippen LogP contribution in [0.5, 0.6) is 5.75 Å². The Morgan fingerprint density at radius 2 is 1.77 bits per heavy atom. The zero-order valence-electron chi connectivity index (χ0n) is 13.9. The average Bonchev–Trinajstić information content (AvgIpc) is 2.67. The second kappa shape index (κ2) is 8.48. The number of hydrogen-bond donors (Lipinski definition) is 3. The minimum atomic E-state index is -0.349. The first-order valence-electron chi connectivity index (χ1n) is 8.10. The first-order chi connectivity index (χ1) is 12.7. The molecule has 0 fully saturated rings. The molecule has 3 N–H and O–H groups in total. The van der Waals surface area contributed by atoms with Crippen LogP contribution in [-0.2, 0) is 0 Å². The van der Waals surface area contributed by atoms with Gasteiger partial charge in [0.15, 0.2) is 0 Å².